The van der Waals surface area contributed by atoms with Crippen molar-refractivity contribution in [2.24, 2.45) is 0 Å². The minimum Gasteiger partial charge on any atom is -0.481 e. The average Bonchev–Trinajstić information content (AvgIpc) is 2.97. The highest BCUT2D eigenvalue weighted by atomic mass is 16.4. The van der Waals surface area contributed by atoms with E-state index in [4.69, 9.17) is 5.11 Å². The van der Waals surface area contributed by atoms with Gasteiger partial charge in [0.05, 0.1) is 17.5 Å². The summed E-state index contributed by atoms with van der Waals surface area (Å²) in [5.74, 6) is -0.991. The van der Waals surface area contributed by atoms with Crippen molar-refractivity contribution in [3.63, 3.8) is 0 Å². The summed E-state index contributed by atoms with van der Waals surface area (Å²) in [4.78, 5) is 23.1. The van der Waals surface area contributed by atoms with Crippen molar-refractivity contribution in [2.75, 3.05) is 5.32 Å². The highest BCUT2D eigenvalue weighted by Gasteiger charge is 2.19. The van der Waals surface area contributed by atoms with Crippen LogP contribution in [0.25, 0.3) is 0 Å². The molecule has 0 saturated carbocycles. The lowest BCUT2D eigenvalue weighted by molar-refractivity contribution is -0.136. The molecule has 23 heavy (non-hydrogen) atoms. The number of hydrogen-bond acceptors (Lipinski definition) is 3. The second kappa shape index (κ2) is 6.64. The first-order valence-electron chi connectivity index (χ1n) is 7.80. The second-order valence-electron chi connectivity index (χ2n) is 5.73. The van der Waals surface area contributed by atoms with E-state index in [1.165, 1.54) is 0 Å². The number of aliphatic carboxylic acids is 1. The summed E-state index contributed by atoms with van der Waals surface area (Å²) in [6.07, 6.45) is 5.21. The number of rotatable bonds is 5. The Labute approximate surface area is 134 Å². The third-order valence-electron chi connectivity index (χ3n) is 4.04. The van der Waals surface area contributed by atoms with Crippen molar-refractivity contribution in [3.8, 4) is 0 Å². The van der Waals surface area contributed by atoms with Crippen LogP contribution in [0, 0.1) is 0 Å². The van der Waals surface area contributed by atoms with Gasteiger partial charge in [-0.3, -0.25) is 14.3 Å². The monoisotopic (exact) mass is 313 g/mol. The van der Waals surface area contributed by atoms with Crippen LogP contribution in [0.2, 0.25) is 0 Å². The normalized spacial score (nSPS) is 13.4. The maximum atomic E-state index is 12.5. The molecule has 6 nitrogen and oxygen atoms in total. The number of amides is 1. The number of carboxylic acids is 1. The zero-order chi connectivity index (χ0) is 16.2. The molecule has 1 aliphatic rings. The molecule has 1 aromatic carbocycles. The Morgan fingerprint density at radius 1 is 1.30 bits per heavy atom. The van der Waals surface area contributed by atoms with Crippen LogP contribution in [0.4, 0.5) is 5.69 Å². The van der Waals surface area contributed by atoms with Crippen molar-refractivity contribution in [3.05, 3.63) is 47.3 Å². The molecular weight excluding hydrogens is 294 g/mol. The standard InChI is InChI=1S/C17H19N3O3/c21-16(22)8-7-12-4-3-5-13(10-12)19-17(23)14-11-18-20-9-2-1-6-15(14)20/h3-5,10-11H,1-2,6-9H2,(H,19,23)(H,21,22). The minimum absolute atomic E-state index is 0.0777. The van der Waals surface area contributed by atoms with E-state index in [1.807, 2.05) is 22.9 Å². The van der Waals surface area contributed by atoms with Crippen LogP contribution in [0.3, 0.4) is 0 Å². The van der Waals surface area contributed by atoms with Crippen molar-refractivity contribution < 1.29 is 14.7 Å². The van der Waals surface area contributed by atoms with Crippen molar-refractivity contribution >= 4 is 17.6 Å². The van der Waals surface area contributed by atoms with Gasteiger partial charge in [-0.15, -0.1) is 0 Å². The van der Waals surface area contributed by atoms with Gasteiger partial charge >= 0.3 is 5.97 Å². The number of aromatic nitrogens is 2. The lowest BCUT2D eigenvalue weighted by Gasteiger charge is -2.14. The molecule has 1 amide bonds. The van der Waals surface area contributed by atoms with E-state index in [1.54, 1.807) is 12.3 Å². The van der Waals surface area contributed by atoms with E-state index in [2.05, 4.69) is 10.4 Å². The van der Waals surface area contributed by atoms with Gasteiger partial charge in [-0.25, -0.2) is 0 Å². The Morgan fingerprint density at radius 3 is 3.00 bits per heavy atom. The number of aryl methyl sites for hydroxylation is 2. The first kappa shape index (κ1) is 15.3. The third-order valence-corrected chi connectivity index (χ3v) is 4.04. The SMILES string of the molecule is O=C(O)CCc1cccc(NC(=O)c2cnn3c2CCCC3)c1. The molecule has 0 saturated heterocycles. The highest BCUT2D eigenvalue weighted by molar-refractivity contribution is 6.05. The van der Waals surface area contributed by atoms with E-state index in [9.17, 15) is 9.59 Å². The Balaban J connectivity index is 1.71. The van der Waals surface area contributed by atoms with Crippen LogP contribution in [-0.4, -0.2) is 26.8 Å². The van der Waals surface area contributed by atoms with Crippen LogP contribution in [0.1, 0.15) is 40.9 Å². The van der Waals surface area contributed by atoms with Crippen LogP contribution in [0.15, 0.2) is 30.5 Å². The number of carbonyl (C=O) groups is 2. The molecule has 0 fully saturated rings. The topological polar surface area (TPSA) is 84.2 Å². The molecule has 0 bridgehead atoms. The van der Waals surface area contributed by atoms with E-state index < -0.39 is 5.97 Å². The Kier molecular flexibility index (Phi) is 4.41. The van der Waals surface area contributed by atoms with Gasteiger partial charge in [-0.05, 0) is 43.4 Å². The van der Waals surface area contributed by atoms with E-state index in [0.717, 1.165) is 37.1 Å². The van der Waals surface area contributed by atoms with Gasteiger partial charge in [0.2, 0.25) is 0 Å². The van der Waals surface area contributed by atoms with Crippen LogP contribution < -0.4 is 5.32 Å². The fourth-order valence-electron chi connectivity index (χ4n) is 2.87. The maximum absolute atomic E-state index is 12.5. The molecule has 1 aliphatic heterocycles. The third kappa shape index (κ3) is 3.59. The zero-order valence-corrected chi connectivity index (χ0v) is 12.8. The largest absolute Gasteiger partial charge is 0.481 e. The summed E-state index contributed by atoms with van der Waals surface area (Å²) in [5, 5.41) is 15.9. The number of nitrogens with zero attached hydrogens (tertiary/aromatic N) is 2. The van der Waals surface area contributed by atoms with Gasteiger partial charge in [-0.2, -0.15) is 5.10 Å². The summed E-state index contributed by atoms with van der Waals surface area (Å²) in [6.45, 7) is 0.868. The molecule has 3 rings (SSSR count). The first-order chi connectivity index (χ1) is 11.1. The fourth-order valence-corrected chi connectivity index (χ4v) is 2.87. The molecule has 6 heteroatoms. The van der Waals surface area contributed by atoms with Gasteiger partial charge in [0, 0.05) is 18.7 Å². The molecule has 0 unspecified atom stereocenters. The lowest BCUT2D eigenvalue weighted by atomic mass is 10.1. The van der Waals surface area contributed by atoms with E-state index in [-0.39, 0.29) is 12.3 Å². The van der Waals surface area contributed by atoms with Gasteiger partial charge < -0.3 is 10.4 Å². The summed E-state index contributed by atoms with van der Waals surface area (Å²) in [6, 6.07) is 7.30. The molecule has 2 N–H and O–H groups in total. The Morgan fingerprint density at radius 2 is 2.17 bits per heavy atom. The fraction of sp³-hybridized carbons (Fsp3) is 0.353. The Bertz CT molecular complexity index is 736. The average molecular weight is 313 g/mol. The van der Waals surface area contributed by atoms with E-state index in [0.29, 0.717) is 17.7 Å². The maximum Gasteiger partial charge on any atom is 0.303 e. The van der Waals surface area contributed by atoms with Gasteiger partial charge in [-0.1, -0.05) is 12.1 Å². The van der Waals surface area contributed by atoms with Crippen LogP contribution in [-0.2, 0) is 24.2 Å². The van der Waals surface area contributed by atoms with Gasteiger partial charge in [0.1, 0.15) is 0 Å². The smallest absolute Gasteiger partial charge is 0.303 e. The summed E-state index contributed by atoms with van der Waals surface area (Å²) in [5.41, 5.74) is 3.19. The van der Waals surface area contributed by atoms with Crippen LogP contribution >= 0.6 is 0 Å². The first-order valence-corrected chi connectivity index (χ1v) is 7.80. The number of nitrogens with one attached hydrogen (secondary N) is 1. The summed E-state index contributed by atoms with van der Waals surface area (Å²) < 4.78 is 1.90. The van der Waals surface area contributed by atoms with Gasteiger partial charge in [0.15, 0.2) is 0 Å². The summed E-state index contributed by atoms with van der Waals surface area (Å²) in [7, 11) is 0. The molecule has 2 heterocycles. The van der Waals surface area contributed by atoms with Gasteiger partial charge in [0.25, 0.3) is 5.91 Å². The number of benzene rings is 1. The number of carboxylic acid groups (broad SMARTS) is 1. The number of anilines is 1. The molecule has 0 radical (unpaired) electrons. The molecule has 0 aliphatic carbocycles. The zero-order valence-electron chi connectivity index (χ0n) is 12.8. The van der Waals surface area contributed by atoms with Crippen LogP contribution in [0.5, 0.6) is 0 Å². The predicted octanol–water partition coefficient (Wildman–Crippen LogP) is 2.49. The number of hydrogen-bond donors (Lipinski definition) is 2. The molecular formula is C17H19N3O3. The molecule has 0 atom stereocenters. The quantitative estimate of drug-likeness (QED) is 0.888. The molecule has 1 aromatic heterocycles. The van der Waals surface area contributed by atoms with E-state index >= 15 is 0 Å². The van der Waals surface area contributed by atoms with Crippen molar-refractivity contribution in [2.45, 2.75) is 38.6 Å². The molecule has 120 valence electrons. The summed E-state index contributed by atoms with van der Waals surface area (Å²) >= 11 is 0. The van der Waals surface area contributed by atoms with Crippen molar-refractivity contribution in [1.82, 2.24) is 9.78 Å². The molecule has 2 aromatic rings. The second-order valence-corrected chi connectivity index (χ2v) is 5.73. The molecule has 0 spiro atoms. The minimum atomic E-state index is -0.828. The number of carbonyl (C=O) groups excluding carboxylic acids is 1. The number of fused-ring (bicyclic) bond motifs is 1. The predicted molar refractivity (Wildman–Crippen MR) is 85.5 cm³/mol. The highest BCUT2D eigenvalue weighted by Crippen LogP contribution is 2.20. The van der Waals surface area contributed by atoms with Crippen molar-refractivity contribution in [1.29, 1.82) is 0 Å². The lowest BCUT2D eigenvalue weighted by Crippen LogP contribution is -2.17. The Hall–Kier alpha value is -2.63.